The minimum Gasteiger partial charge on any atom is -0.459 e. The Morgan fingerprint density at radius 3 is 2.81 bits per heavy atom. The van der Waals surface area contributed by atoms with Crippen molar-refractivity contribution in [3.63, 3.8) is 0 Å². The number of benzene rings is 1. The van der Waals surface area contributed by atoms with Crippen LogP contribution in [-0.4, -0.2) is 16.1 Å². The zero-order valence-corrected chi connectivity index (χ0v) is 12.5. The molecule has 0 radical (unpaired) electrons. The van der Waals surface area contributed by atoms with Crippen molar-refractivity contribution in [2.24, 2.45) is 0 Å². The molecule has 0 atom stereocenters. The number of thioether (sulfide) groups is 1. The van der Waals surface area contributed by atoms with Gasteiger partial charge in [-0.1, -0.05) is 29.5 Å². The van der Waals surface area contributed by atoms with E-state index >= 15 is 0 Å². The minimum atomic E-state index is -0.321. The van der Waals surface area contributed by atoms with E-state index in [0.717, 1.165) is 10.8 Å². The van der Waals surface area contributed by atoms with Gasteiger partial charge in [0, 0.05) is 4.90 Å². The molecule has 7 heteroatoms. The third-order valence-electron chi connectivity index (χ3n) is 2.54. The maximum Gasteiger partial charge on any atom is 0.293 e. The molecule has 3 aromatic rings. The Balaban J connectivity index is 1.57. The Hall–Kier alpha value is -2.12. The van der Waals surface area contributed by atoms with E-state index in [4.69, 9.17) is 4.42 Å². The molecule has 2 aromatic heterocycles. The zero-order valence-electron chi connectivity index (χ0n) is 10.9. The predicted octanol–water partition coefficient (Wildman–Crippen LogP) is 3.68. The summed E-state index contributed by atoms with van der Waals surface area (Å²) in [6.07, 6.45) is 1.46. The fourth-order valence-corrected chi connectivity index (χ4v) is 3.23. The van der Waals surface area contributed by atoms with Crippen molar-refractivity contribution in [2.75, 3.05) is 5.32 Å². The van der Waals surface area contributed by atoms with Gasteiger partial charge in [0.15, 0.2) is 5.76 Å². The summed E-state index contributed by atoms with van der Waals surface area (Å²) >= 11 is 3.04. The molecular weight excluding hydrogens is 306 g/mol. The first-order chi connectivity index (χ1) is 10.3. The highest BCUT2D eigenvalue weighted by Gasteiger charge is 2.12. The summed E-state index contributed by atoms with van der Waals surface area (Å²) in [5.41, 5.74) is 0. The number of nitrogens with zero attached hydrogens (tertiary/aromatic N) is 2. The van der Waals surface area contributed by atoms with Crippen molar-refractivity contribution in [3.8, 4) is 0 Å². The third kappa shape index (κ3) is 3.71. The molecule has 2 heterocycles. The minimum absolute atomic E-state index is 0.255. The monoisotopic (exact) mass is 317 g/mol. The maximum absolute atomic E-state index is 11.8. The Bertz CT molecular complexity index is 711. The molecule has 106 valence electrons. The van der Waals surface area contributed by atoms with Crippen LogP contribution < -0.4 is 5.32 Å². The van der Waals surface area contributed by atoms with E-state index in [2.05, 4.69) is 15.5 Å². The lowest BCUT2D eigenvalue weighted by Gasteiger charge is -1.97. The van der Waals surface area contributed by atoms with Crippen molar-refractivity contribution >= 4 is 34.1 Å². The molecule has 1 N–H and O–H groups in total. The maximum atomic E-state index is 11.8. The van der Waals surface area contributed by atoms with E-state index in [1.54, 1.807) is 23.9 Å². The number of nitrogens with one attached hydrogen (secondary N) is 1. The number of furan rings is 1. The largest absolute Gasteiger partial charge is 0.459 e. The summed E-state index contributed by atoms with van der Waals surface area (Å²) in [7, 11) is 0. The van der Waals surface area contributed by atoms with Crippen LogP contribution in [0.5, 0.6) is 0 Å². The molecule has 0 fully saturated rings. The average Bonchev–Trinajstić information content (AvgIpc) is 3.18. The standard InChI is InChI=1S/C14H11N3O2S2/c18-13(11-7-4-8-19-11)15-14-17-16-12(21-14)9-20-10-5-2-1-3-6-10/h1-8H,9H2,(H,15,17,18). The lowest BCUT2D eigenvalue weighted by Crippen LogP contribution is -2.10. The van der Waals surface area contributed by atoms with Crippen molar-refractivity contribution in [2.45, 2.75) is 10.6 Å². The lowest BCUT2D eigenvalue weighted by atomic mass is 10.4. The molecule has 3 rings (SSSR count). The van der Waals surface area contributed by atoms with Crippen LogP contribution in [0, 0.1) is 0 Å². The molecule has 0 spiro atoms. The van der Waals surface area contributed by atoms with Crippen LogP contribution in [-0.2, 0) is 5.75 Å². The van der Waals surface area contributed by atoms with Crippen molar-refractivity contribution in [3.05, 3.63) is 59.5 Å². The van der Waals surface area contributed by atoms with E-state index in [0.29, 0.717) is 5.13 Å². The van der Waals surface area contributed by atoms with Gasteiger partial charge in [0.1, 0.15) is 5.01 Å². The molecule has 21 heavy (non-hydrogen) atoms. The number of aromatic nitrogens is 2. The molecule has 0 aliphatic heterocycles. The Morgan fingerprint density at radius 1 is 1.19 bits per heavy atom. The van der Waals surface area contributed by atoms with E-state index in [1.165, 1.54) is 22.5 Å². The summed E-state index contributed by atoms with van der Waals surface area (Å²) in [5, 5.41) is 12.0. The van der Waals surface area contributed by atoms with Crippen LogP contribution in [0.1, 0.15) is 15.6 Å². The molecule has 5 nitrogen and oxygen atoms in total. The van der Waals surface area contributed by atoms with Crippen LogP contribution >= 0.6 is 23.1 Å². The molecule has 0 saturated carbocycles. The molecule has 0 bridgehead atoms. The lowest BCUT2D eigenvalue weighted by molar-refractivity contribution is 0.0996. The Kier molecular flexibility index (Phi) is 4.32. The third-order valence-corrected chi connectivity index (χ3v) is 4.58. The van der Waals surface area contributed by atoms with Crippen LogP contribution in [0.15, 0.2) is 58.0 Å². The summed E-state index contributed by atoms with van der Waals surface area (Å²) in [6, 6.07) is 13.3. The van der Waals surface area contributed by atoms with Crippen molar-refractivity contribution < 1.29 is 9.21 Å². The van der Waals surface area contributed by atoms with Gasteiger partial charge in [-0.2, -0.15) is 0 Å². The molecule has 0 aliphatic rings. The Morgan fingerprint density at radius 2 is 2.05 bits per heavy atom. The van der Waals surface area contributed by atoms with Gasteiger partial charge < -0.3 is 4.42 Å². The number of anilines is 1. The van der Waals surface area contributed by atoms with Gasteiger partial charge in [-0.3, -0.25) is 10.1 Å². The normalized spacial score (nSPS) is 10.5. The van der Waals surface area contributed by atoms with Gasteiger partial charge >= 0.3 is 0 Å². The second-order valence-corrected chi connectivity index (χ2v) is 6.14. The second-order valence-electron chi connectivity index (χ2n) is 4.03. The van der Waals surface area contributed by atoms with Gasteiger partial charge in [0.05, 0.1) is 12.0 Å². The smallest absolute Gasteiger partial charge is 0.293 e. The summed E-state index contributed by atoms with van der Waals surface area (Å²) < 4.78 is 5.02. The number of carbonyl (C=O) groups is 1. The molecule has 1 amide bonds. The topological polar surface area (TPSA) is 68.0 Å². The average molecular weight is 317 g/mol. The van der Waals surface area contributed by atoms with E-state index in [9.17, 15) is 4.79 Å². The number of rotatable bonds is 5. The Labute approximate surface area is 129 Å². The highest BCUT2D eigenvalue weighted by atomic mass is 32.2. The van der Waals surface area contributed by atoms with E-state index in [-0.39, 0.29) is 11.7 Å². The summed E-state index contributed by atoms with van der Waals surface area (Å²) in [5.74, 6) is 0.655. The van der Waals surface area contributed by atoms with Crippen molar-refractivity contribution in [1.29, 1.82) is 0 Å². The quantitative estimate of drug-likeness (QED) is 0.727. The molecule has 0 aliphatic carbocycles. The number of amides is 1. The zero-order chi connectivity index (χ0) is 14.5. The first kappa shape index (κ1) is 13.8. The van der Waals surface area contributed by atoms with Crippen LogP contribution in [0.25, 0.3) is 0 Å². The van der Waals surface area contributed by atoms with Gasteiger partial charge in [0.25, 0.3) is 5.91 Å². The molecular formula is C14H11N3O2S2. The van der Waals surface area contributed by atoms with Crippen LogP contribution in [0.3, 0.4) is 0 Å². The van der Waals surface area contributed by atoms with Crippen LogP contribution in [0.2, 0.25) is 0 Å². The molecule has 1 aromatic carbocycles. The first-order valence-corrected chi connectivity index (χ1v) is 7.96. The number of carbonyl (C=O) groups excluding carboxylic acids is 1. The molecule has 0 unspecified atom stereocenters. The van der Waals surface area contributed by atoms with Gasteiger partial charge in [0.2, 0.25) is 5.13 Å². The van der Waals surface area contributed by atoms with Gasteiger partial charge in [-0.05, 0) is 24.3 Å². The number of hydrogen-bond donors (Lipinski definition) is 1. The predicted molar refractivity (Wildman–Crippen MR) is 82.6 cm³/mol. The fourth-order valence-electron chi connectivity index (χ4n) is 1.59. The fraction of sp³-hybridized carbons (Fsp3) is 0.0714. The van der Waals surface area contributed by atoms with Gasteiger partial charge in [-0.25, -0.2) is 0 Å². The van der Waals surface area contributed by atoms with Crippen molar-refractivity contribution in [1.82, 2.24) is 10.2 Å². The highest BCUT2D eigenvalue weighted by molar-refractivity contribution is 7.98. The van der Waals surface area contributed by atoms with Crippen LogP contribution in [0.4, 0.5) is 5.13 Å². The second kappa shape index (κ2) is 6.55. The summed E-state index contributed by atoms with van der Waals surface area (Å²) in [6.45, 7) is 0. The summed E-state index contributed by atoms with van der Waals surface area (Å²) in [4.78, 5) is 13.0. The molecule has 0 saturated heterocycles. The highest BCUT2D eigenvalue weighted by Crippen LogP contribution is 2.25. The van der Waals surface area contributed by atoms with E-state index in [1.807, 2.05) is 30.3 Å². The SMILES string of the molecule is O=C(Nc1nnc(CSc2ccccc2)s1)c1ccco1. The number of hydrogen-bond acceptors (Lipinski definition) is 6. The van der Waals surface area contributed by atoms with Gasteiger partial charge in [-0.15, -0.1) is 22.0 Å². The van der Waals surface area contributed by atoms with E-state index < -0.39 is 0 Å². The first-order valence-electron chi connectivity index (χ1n) is 6.16.